The summed E-state index contributed by atoms with van der Waals surface area (Å²) in [4.78, 5) is 0. The van der Waals surface area contributed by atoms with Crippen LogP contribution in [-0.4, -0.2) is 152 Å². The molecule has 0 aromatic rings. The van der Waals surface area contributed by atoms with E-state index in [0.717, 1.165) is 19.4 Å². The van der Waals surface area contributed by atoms with Crippen LogP contribution >= 0.6 is 0 Å². The maximum Gasteiger partial charge on any atom is 0.157 e. The Morgan fingerprint density at radius 1 is 0.410 bits per heavy atom. The average Bonchev–Trinajstić information content (AvgIpc) is 2.96. The number of hydrogen-bond donors (Lipinski definition) is 0. The third-order valence-electron chi connectivity index (χ3n) is 5.22. The van der Waals surface area contributed by atoms with Gasteiger partial charge in [0.05, 0.1) is 132 Å². The van der Waals surface area contributed by atoms with Gasteiger partial charge >= 0.3 is 0 Å². The third-order valence-corrected chi connectivity index (χ3v) is 5.22. The number of ether oxygens (including phenoxy) is 12. The van der Waals surface area contributed by atoms with Crippen molar-refractivity contribution in [2.24, 2.45) is 0 Å². The van der Waals surface area contributed by atoms with Crippen LogP contribution in [0.15, 0.2) is 0 Å². The van der Waals surface area contributed by atoms with E-state index >= 15 is 0 Å². The molecule has 0 spiro atoms. The highest BCUT2D eigenvalue weighted by molar-refractivity contribution is 4.53. The zero-order valence-corrected chi connectivity index (χ0v) is 24.2. The second kappa shape index (κ2) is 32.0. The Morgan fingerprint density at radius 2 is 0.718 bits per heavy atom. The first-order valence-corrected chi connectivity index (χ1v) is 14.4. The predicted molar refractivity (Wildman–Crippen MR) is 143 cm³/mol. The molecule has 1 heterocycles. The van der Waals surface area contributed by atoms with E-state index in [2.05, 4.69) is 0 Å². The van der Waals surface area contributed by atoms with Crippen LogP contribution in [0.1, 0.15) is 26.2 Å². The van der Waals surface area contributed by atoms with Crippen LogP contribution in [0.25, 0.3) is 0 Å². The number of hydrogen-bond acceptors (Lipinski definition) is 12. The van der Waals surface area contributed by atoms with Gasteiger partial charge in [0.1, 0.15) is 0 Å². The van der Waals surface area contributed by atoms with Crippen molar-refractivity contribution in [3.8, 4) is 0 Å². The van der Waals surface area contributed by atoms with Gasteiger partial charge in [-0.15, -0.1) is 0 Å². The van der Waals surface area contributed by atoms with E-state index in [0.29, 0.717) is 139 Å². The van der Waals surface area contributed by atoms with Gasteiger partial charge in [-0.05, 0) is 26.2 Å². The van der Waals surface area contributed by atoms with Crippen molar-refractivity contribution in [1.82, 2.24) is 0 Å². The molecule has 0 radical (unpaired) electrons. The van der Waals surface area contributed by atoms with E-state index in [1.54, 1.807) is 0 Å². The Balaban J connectivity index is 1.60. The molecule has 1 rings (SSSR count). The summed E-state index contributed by atoms with van der Waals surface area (Å²) in [6.07, 6.45) is 3.20. The lowest BCUT2D eigenvalue weighted by atomic mass is 10.2. The molecule has 0 amide bonds. The van der Waals surface area contributed by atoms with Crippen molar-refractivity contribution in [3.63, 3.8) is 0 Å². The quantitative estimate of drug-likeness (QED) is 0.110. The van der Waals surface area contributed by atoms with Gasteiger partial charge in [0, 0.05) is 13.2 Å². The molecule has 234 valence electrons. The van der Waals surface area contributed by atoms with Crippen molar-refractivity contribution in [2.75, 3.05) is 145 Å². The van der Waals surface area contributed by atoms with Crippen molar-refractivity contribution in [2.45, 2.75) is 32.5 Å². The van der Waals surface area contributed by atoms with Crippen molar-refractivity contribution < 1.29 is 56.8 Å². The van der Waals surface area contributed by atoms with Crippen molar-refractivity contribution in [1.29, 1.82) is 0 Å². The van der Waals surface area contributed by atoms with Crippen LogP contribution in [0.3, 0.4) is 0 Å². The molecule has 0 N–H and O–H groups in total. The molecule has 0 aromatic carbocycles. The lowest BCUT2D eigenvalue weighted by Gasteiger charge is -2.22. The van der Waals surface area contributed by atoms with Gasteiger partial charge < -0.3 is 56.8 Å². The van der Waals surface area contributed by atoms with E-state index in [4.69, 9.17) is 56.8 Å². The number of rotatable bonds is 32. The lowest BCUT2D eigenvalue weighted by Crippen LogP contribution is -2.24. The first-order valence-electron chi connectivity index (χ1n) is 14.4. The zero-order valence-electron chi connectivity index (χ0n) is 24.2. The Labute approximate surface area is 235 Å². The Bertz CT molecular complexity index is 454. The van der Waals surface area contributed by atoms with Crippen LogP contribution in [0.5, 0.6) is 0 Å². The fraction of sp³-hybridized carbons (Fsp3) is 1.00. The largest absolute Gasteiger partial charge is 0.379 e. The molecule has 1 aliphatic rings. The van der Waals surface area contributed by atoms with E-state index in [9.17, 15) is 0 Å². The molecular formula is C27H54O12. The summed E-state index contributed by atoms with van der Waals surface area (Å²) < 4.78 is 65.3. The summed E-state index contributed by atoms with van der Waals surface area (Å²) in [6.45, 7) is 14.3. The highest BCUT2D eigenvalue weighted by Crippen LogP contribution is 2.13. The molecular weight excluding hydrogens is 516 g/mol. The molecule has 0 aliphatic carbocycles. The third kappa shape index (κ3) is 28.8. The minimum Gasteiger partial charge on any atom is -0.379 e. The minimum atomic E-state index is -0.0615. The fourth-order valence-corrected chi connectivity index (χ4v) is 3.20. The smallest absolute Gasteiger partial charge is 0.157 e. The van der Waals surface area contributed by atoms with Crippen molar-refractivity contribution in [3.05, 3.63) is 0 Å². The van der Waals surface area contributed by atoms with Crippen LogP contribution in [0, 0.1) is 0 Å². The maximum absolute atomic E-state index is 5.60. The Morgan fingerprint density at radius 3 is 1.00 bits per heavy atom. The summed E-state index contributed by atoms with van der Waals surface area (Å²) in [6, 6.07) is 0. The van der Waals surface area contributed by atoms with E-state index < -0.39 is 0 Å². The topological polar surface area (TPSA) is 111 Å². The molecule has 1 unspecified atom stereocenters. The standard InChI is InChI=1S/C27H54O12/c1-2-28-7-8-29-9-10-30-11-12-31-13-14-32-15-16-33-17-18-34-19-20-35-21-22-36-23-24-37-25-26-39-27-5-3-4-6-38-27/h27H,2-26H2,1H3. The monoisotopic (exact) mass is 570 g/mol. The highest BCUT2D eigenvalue weighted by atomic mass is 16.7. The van der Waals surface area contributed by atoms with E-state index in [-0.39, 0.29) is 6.29 Å². The predicted octanol–water partition coefficient (Wildman–Crippen LogP) is 1.72. The van der Waals surface area contributed by atoms with Gasteiger partial charge in [-0.1, -0.05) is 0 Å². The molecule has 1 atom stereocenters. The molecule has 12 heteroatoms. The van der Waals surface area contributed by atoms with Gasteiger partial charge in [-0.3, -0.25) is 0 Å². The van der Waals surface area contributed by atoms with Gasteiger partial charge in [0.15, 0.2) is 6.29 Å². The van der Waals surface area contributed by atoms with Gasteiger partial charge in [0.25, 0.3) is 0 Å². The summed E-state index contributed by atoms with van der Waals surface area (Å²) in [7, 11) is 0. The zero-order chi connectivity index (χ0) is 27.7. The first-order chi connectivity index (χ1) is 19.4. The average molecular weight is 571 g/mol. The molecule has 1 saturated heterocycles. The SMILES string of the molecule is CCOCCOCCOCCOCCOCCOCCOCCOCCOCCOCCOC1CCCCO1. The summed E-state index contributed by atoms with van der Waals surface area (Å²) in [5.74, 6) is 0. The van der Waals surface area contributed by atoms with Gasteiger partial charge in [-0.2, -0.15) is 0 Å². The van der Waals surface area contributed by atoms with E-state index in [1.165, 1.54) is 6.42 Å². The van der Waals surface area contributed by atoms with Crippen LogP contribution in [-0.2, 0) is 56.8 Å². The minimum absolute atomic E-state index is 0.0615. The molecule has 39 heavy (non-hydrogen) atoms. The Hall–Kier alpha value is -0.480. The molecule has 12 nitrogen and oxygen atoms in total. The molecule has 0 aromatic heterocycles. The van der Waals surface area contributed by atoms with Crippen LogP contribution in [0.2, 0.25) is 0 Å². The molecule has 0 bridgehead atoms. The van der Waals surface area contributed by atoms with Gasteiger partial charge in [-0.25, -0.2) is 0 Å². The van der Waals surface area contributed by atoms with Gasteiger partial charge in [0.2, 0.25) is 0 Å². The highest BCUT2D eigenvalue weighted by Gasteiger charge is 2.13. The Kier molecular flexibility index (Phi) is 30.0. The second-order valence-electron chi connectivity index (χ2n) is 8.38. The summed E-state index contributed by atoms with van der Waals surface area (Å²) in [5.41, 5.74) is 0. The fourth-order valence-electron chi connectivity index (χ4n) is 3.20. The maximum atomic E-state index is 5.60. The van der Waals surface area contributed by atoms with Crippen LogP contribution < -0.4 is 0 Å². The summed E-state index contributed by atoms with van der Waals surface area (Å²) >= 11 is 0. The lowest BCUT2D eigenvalue weighted by molar-refractivity contribution is -0.169. The second-order valence-corrected chi connectivity index (χ2v) is 8.38. The first kappa shape index (κ1) is 36.5. The molecule has 0 saturated carbocycles. The molecule has 1 fully saturated rings. The normalized spacial score (nSPS) is 15.8. The summed E-state index contributed by atoms with van der Waals surface area (Å²) in [5, 5.41) is 0. The van der Waals surface area contributed by atoms with Crippen LogP contribution in [0.4, 0.5) is 0 Å². The van der Waals surface area contributed by atoms with E-state index in [1.807, 2.05) is 6.92 Å². The molecule has 1 aliphatic heterocycles. The van der Waals surface area contributed by atoms with Crippen molar-refractivity contribution >= 4 is 0 Å².